The molecule has 11 heteroatoms. The normalized spacial score (nSPS) is 13.4. The van der Waals surface area contributed by atoms with Gasteiger partial charge in [-0.15, -0.1) is 0 Å². The Morgan fingerprint density at radius 1 is 1.00 bits per heavy atom. The van der Waals surface area contributed by atoms with E-state index in [1.807, 2.05) is 36.6 Å². The Morgan fingerprint density at radius 3 is 2.30 bits per heavy atom. The molecule has 0 aromatic heterocycles. The summed E-state index contributed by atoms with van der Waals surface area (Å²) in [6, 6.07) is 6.56. The van der Waals surface area contributed by atoms with Crippen LogP contribution in [-0.2, 0) is 25.6 Å². The summed E-state index contributed by atoms with van der Waals surface area (Å²) in [7, 11) is 0. The zero-order valence-electron chi connectivity index (χ0n) is 18.9. The minimum Gasteiger partial charge on any atom is -0.480 e. The molecule has 0 saturated carbocycles. The van der Waals surface area contributed by atoms with Crippen molar-refractivity contribution in [1.82, 2.24) is 16.0 Å². The van der Waals surface area contributed by atoms with Crippen LogP contribution in [-0.4, -0.2) is 72.0 Å². The lowest BCUT2D eigenvalue weighted by molar-refractivity contribution is -0.142. The Labute approximate surface area is 198 Å². The van der Waals surface area contributed by atoms with E-state index in [9.17, 15) is 24.3 Å². The van der Waals surface area contributed by atoms with Crippen LogP contribution in [0.15, 0.2) is 30.3 Å². The van der Waals surface area contributed by atoms with E-state index in [4.69, 9.17) is 11.5 Å². The van der Waals surface area contributed by atoms with E-state index in [-0.39, 0.29) is 6.42 Å². The van der Waals surface area contributed by atoms with Gasteiger partial charge in [0.05, 0.1) is 12.6 Å². The highest BCUT2D eigenvalue weighted by Gasteiger charge is 2.25. The third-order valence-corrected chi connectivity index (χ3v) is 5.53. The number of thioether (sulfide) groups is 1. The first-order chi connectivity index (χ1) is 15.8. The fourth-order valence-electron chi connectivity index (χ4n) is 3.03. The molecule has 0 aliphatic heterocycles. The number of nitrogens with one attached hydrogen (secondary N) is 3. The number of carboxylic acids is 1. The SMILES string of the molecule is CSCCC(NC(=O)C(N)Cc1ccccc1)C(=O)NCC(=O)NC(CCCCN)C(=O)O. The number of hydrogen-bond acceptors (Lipinski definition) is 7. The van der Waals surface area contributed by atoms with Crippen molar-refractivity contribution in [3.63, 3.8) is 0 Å². The lowest BCUT2D eigenvalue weighted by Gasteiger charge is -2.21. The standard InChI is InChI=1S/C22H35N5O5S/c1-33-12-10-17(27-20(29)16(24)13-15-7-3-2-4-8-15)21(30)25-14-19(28)26-18(22(31)32)9-5-6-11-23/h2-4,7-8,16-18H,5-6,9-14,23-24H2,1H3,(H,25,30)(H,26,28)(H,27,29)(H,31,32). The first kappa shape index (κ1) is 28.4. The molecule has 3 amide bonds. The molecule has 3 atom stereocenters. The molecular formula is C22H35N5O5S. The van der Waals surface area contributed by atoms with Crippen molar-refractivity contribution in [2.45, 2.75) is 50.2 Å². The van der Waals surface area contributed by atoms with E-state index in [0.29, 0.717) is 38.0 Å². The van der Waals surface area contributed by atoms with Crippen molar-refractivity contribution in [2.24, 2.45) is 11.5 Å². The summed E-state index contributed by atoms with van der Waals surface area (Å²) in [5.41, 5.74) is 12.3. The van der Waals surface area contributed by atoms with Crippen molar-refractivity contribution in [3.8, 4) is 0 Å². The molecule has 0 bridgehead atoms. The van der Waals surface area contributed by atoms with Gasteiger partial charge in [0.1, 0.15) is 12.1 Å². The molecule has 0 aliphatic rings. The number of carboxylic acid groups (broad SMARTS) is 1. The van der Waals surface area contributed by atoms with Crippen LogP contribution in [0.2, 0.25) is 0 Å². The molecule has 0 fully saturated rings. The van der Waals surface area contributed by atoms with Crippen LogP contribution in [0, 0.1) is 0 Å². The predicted octanol–water partition coefficient (Wildman–Crippen LogP) is -0.391. The topological polar surface area (TPSA) is 177 Å². The van der Waals surface area contributed by atoms with Crippen molar-refractivity contribution in [2.75, 3.05) is 25.1 Å². The summed E-state index contributed by atoms with van der Waals surface area (Å²) in [5, 5.41) is 16.8. The zero-order valence-corrected chi connectivity index (χ0v) is 19.7. The van der Waals surface area contributed by atoms with Crippen LogP contribution in [0.5, 0.6) is 0 Å². The second-order valence-electron chi connectivity index (χ2n) is 7.60. The summed E-state index contributed by atoms with van der Waals surface area (Å²) in [4.78, 5) is 48.6. The van der Waals surface area contributed by atoms with Gasteiger partial charge < -0.3 is 32.5 Å². The highest BCUT2D eigenvalue weighted by Crippen LogP contribution is 2.05. The second-order valence-corrected chi connectivity index (χ2v) is 8.59. The van der Waals surface area contributed by atoms with Crippen LogP contribution >= 0.6 is 11.8 Å². The summed E-state index contributed by atoms with van der Waals surface area (Å²) in [6.07, 6.45) is 4.02. The largest absolute Gasteiger partial charge is 0.480 e. The molecule has 1 rings (SSSR count). The van der Waals surface area contributed by atoms with Crippen molar-refractivity contribution >= 4 is 35.5 Å². The average molecular weight is 482 g/mol. The van der Waals surface area contributed by atoms with Gasteiger partial charge in [-0.1, -0.05) is 30.3 Å². The number of nitrogens with two attached hydrogens (primary N) is 2. The fourth-order valence-corrected chi connectivity index (χ4v) is 3.50. The average Bonchev–Trinajstić information content (AvgIpc) is 2.79. The van der Waals surface area contributed by atoms with Crippen molar-refractivity contribution in [3.05, 3.63) is 35.9 Å². The minimum atomic E-state index is -1.15. The van der Waals surface area contributed by atoms with Gasteiger partial charge in [0.2, 0.25) is 17.7 Å². The molecule has 1 aromatic carbocycles. The van der Waals surface area contributed by atoms with E-state index in [2.05, 4.69) is 16.0 Å². The number of benzene rings is 1. The molecule has 10 nitrogen and oxygen atoms in total. The number of carbonyl (C=O) groups is 4. The molecule has 0 spiro atoms. The van der Waals surface area contributed by atoms with Crippen LogP contribution in [0.1, 0.15) is 31.2 Å². The van der Waals surface area contributed by atoms with E-state index in [0.717, 1.165) is 5.56 Å². The maximum absolute atomic E-state index is 12.6. The number of aliphatic carboxylic acids is 1. The van der Waals surface area contributed by atoms with E-state index < -0.39 is 48.4 Å². The summed E-state index contributed by atoms with van der Waals surface area (Å²) in [6.45, 7) is 0.0374. The molecular weight excluding hydrogens is 446 g/mol. The Kier molecular flexibility index (Phi) is 13.8. The van der Waals surface area contributed by atoms with Crippen LogP contribution in [0.3, 0.4) is 0 Å². The smallest absolute Gasteiger partial charge is 0.326 e. The summed E-state index contributed by atoms with van der Waals surface area (Å²) >= 11 is 1.51. The predicted molar refractivity (Wildman–Crippen MR) is 129 cm³/mol. The highest BCUT2D eigenvalue weighted by molar-refractivity contribution is 7.98. The van der Waals surface area contributed by atoms with Crippen LogP contribution in [0.4, 0.5) is 0 Å². The monoisotopic (exact) mass is 481 g/mol. The lowest BCUT2D eigenvalue weighted by atomic mass is 10.1. The van der Waals surface area contributed by atoms with Gasteiger partial charge in [0.25, 0.3) is 0 Å². The van der Waals surface area contributed by atoms with Gasteiger partial charge in [-0.25, -0.2) is 4.79 Å². The Balaban J connectivity index is 2.60. The van der Waals surface area contributed by atoms with Gasteiger partial charge >= 0.3 is 5.97 Å². The number of unbranched alkanes of at least 4 members (excludes halogenated alkanes) is 1. The molecule has 33 heavy (non-hydrogen) atoms. The fraction of sp³-hybridized carbons (Fsp3) is 0.545. The molecule has 0 aliphatic carbocycles. The van der Waals surface area contributed by atoms with E-state index in [1.165, 1.54) is 11.8 Å². The van der Waals surface area contributed by atoms with Crippen molar-refractivity contribution in [1.29, 1.82) is 0 Å². The Bertz CT molecular complexity index is 765. The van der Waals surface area contributed by atoms with E-state index >= 15 is 0 Å². The second kappa shape index (κ2) is 16.1. The molecule has 184 valence electrons. The number of rotatable bonds is 16. The first-order valence-corrected chi connectivity index (χ1v) is 12.3. The highest BCUT2D eigenvalue weighted by atomic mass is 32.2. The Hall–Kier alpha value is -2.63. The maximum Gasteiger partial charge on any atom is 0.326 e. The molecule has 0 saturated heterocycles. The van der Waals surface area contributed by atoms with Gasteiger partial charge in [-0.05, 0) is 56.2 Å². The number of carbonyl (C=O) groups excluding carboxylic acids is 3. The van der Waals surface area contributed by atoms with Gasteiger partial charge in [0, 0.05) is 0 Å². The minimum absolute atomic E-state index is 0.248. The molecule has 3 unspecified atom stereocenters. The third kappa shape index (κ3) is 11.7. The number of amides is 3. The summed E-state index contributed by atoms with van der Waals surface area (Å²) < 4.78 is 0. The van der Waals surface area contributed by atoms with Gasteiger partial charge in [0.15, 0.2) is 0 Å². The van der Waals surface area contributed by atoms with Crippen molar-refractivity contribution < 1.29 is 24.3 Å². The van der Waals surface area contributed by atoms with Crippen LogP contribution in [0.25, 0.3) is 0 Å². The quantitative estimate of drug-likeness (QED) is 0.173. The molecule has 0 radical (unpaired) electrons. The number of hydrogen-bond donors (Lipinski definition) is 6. The summed E-state index contributed by atoms with van der Waals surface area (Å²) in [5.74, 6) is -2.16. The first-order valence-electron chi connectivity index (χ1n) is 10.9. The van der Waals surface area contributed by atoms with Gasteiger partial charge in [-0.2, -0.15) is 11.8 Å². The third-order valence-electron chi connectivity index (χ3n) is 4.88. The van der Waals surface area contributed by atoms with Crippen LogP contribution < -0.4 is 27.4 Å². The molecule has 8 N–H and O–H groups in total. The van der Waals surface area contributed by atoms with Gasteiger partial charge in [-0.3, -0.25) is 14.4 Å². The zero-order chi connectivity index (χ0) is 24.6. The molecule has 0 heterocycles. The lowest BCUT2D eigenvalue weighted by Crippen LogP contribution is -2.54. The maximum atomic E-state index is 12.6. The van der Waals surface area contributed by atoms with E-state index in [1.54, 1.807) is 0 Å². The Morgan fingerprint density at radius 2 is 1.70 bits per heavy atom. The molecule has 1 aromatic rings.